The number of sulfonamides is 1. The fourth-order valence-corrected chi connectivity index (χ4v) is 5.56. The molecule has 0 bridgehead atoms. The predicted octanol–water partition coefficient (Wildman–Crippen LogP) is 4.66. The maximum Gasteiger partial charge on any atom is 0.251 e. The lowest BCUT2D eigenvalue weighted by Gasteiger charge is -2.22. The third kappa shape index (κ3) is 5.40. The molecule has 1 aliphatic heterocycles. The van der Waals surface area contributed by atoms with Crippen LogP contribution in [0.2, 0.25) is 0 Å². The van der Waals surface area contributed by atoms with Crippen LogP contribution in [0.4, 0.5) is 11.4 Å². The van der Waals surface area contributed by atoms with E-state index in [4.69, 9.17) is 4.74 Å². The van der Waals surface area contributed by atoms with Crippen LogP contribution in [-0.2, 0) is 14.8 Å². The minimum atomic E-state index is -3.57. The van der Waals surface area contributed by atoms with Crippen LogP contribution < -0.4 is 15.4 Å². The SMILES string of the molecule is CCOc1ccccc1NC(=O)[C@H](Nc1cccc(S(=O)(=O)N2CCCC2)c1)c1ccccc1. The van der Waals surface area contributed by atoms with Crippen molar-refractivity contribution in [2.75, 3.05) is 30.3 Å². The molecule has 3 aromatic carbocycles. The summed E-state index contributed by atoms with van der Waals surface area (Å²) in [7, 11) is -3.57. The van der Waals surface area contributed by atoms with E-state index in [2.05, 4.69) is 10.6 Å². The molecule has 0 unspecified atom stereocenters. The molecule has 8 heteroatoms. The van der Waals surface area contributed by atoms with Gasteiger partial charge in [-0.2, -0.15) is 4.31 Å². The zero-order valence-electron chi connectivity index (χ0n) is 19.1. The average Bonchev–Trinajstić information content (AvgIpc) is 3.41. The highest BCUT2D eigenvalue weighted by Crippen LogP contribution is 2.28. The Morgan fingerprint density at radius 1 is 0.971 bits per heavy atom. The number of ether oxygens (including phenoxy) is 1. The number of anilines is 2. The highest BCUT2D eigenvalue weighted by molar-refractivity contribution is 7.89. The number of hydrogen-bond acceptors (Lipinski definition) is 5. The van der Waals surface area contributed by atoms with Crippen molar-refractivity contribution in [2.24, 2.45) is 0 Å². The quantitative estimate of drug-likeness (QED) is 0.466. The van der Waals surface area contributed by atoms with Gasteiger partial charge in [0.15, 0.2) is 0 Å². The van der Waals surface area contributed by atoms with Crippen LogP contribution in [0.5, 0.6) is 5.75 Å². The van der Waals surface area contributed by atoms with Gasteiger partial charge >= 0.3 is 0 Å². The van der Waals surface area contributed by atoms with E-state index in [0.29, 0.717) is 36.8 Å². The van der Waals surface area contributed by atoms with Crippen LogP contribution in [0.3, 0.4) is 0 Å². The smallest absolute Gasteiger partial charge is 0.251 e. The van der Waals surface area contributed by atoms with Crippen molar-refractivity contribution in [1.82, 2.24) is 4.31 Å². The van der Waals surface area contributed by atoms with Gasteiger partial charge in [-0.1, -0.05) is 48.5 Å². The zero-order chi connectivity index (χ0) is 24.0. The van der Waals surface area contributed by atoms with Crippen molar-refractivity contribution in [2.45, 2.75) is 30.7 Å². The lowest BCUT2D eigenvalue weighted by atomic mass is 10.1. The molecule has 2 N–H and O–H groups in total. The fourth-order valence-electron chi connectivity index (χ4n) is 3.99. The maximum atomic E-state index is 13.4. The first-order valence-electron chi connectivity index (χ1n) is 11.4. The first-order valence-corrected chi connectivity index (χ1v) is 12.9. The average molecular weight is 480 g/mol. The minimum Gasteiger partial charge on any atom is -0.492 e. The van der Waals surface area contributed by atoms with Crippen LogP contribution in [0.25, 0.3) is 0 Å². The van der Waals surface area contributed by atoms with E-state index in [1.54, 1.807) is 36.4 Å². The maximum absolute atomic E-state index is 13.4. The Bertz CT molecular complexity index is 1230. The Kier molecular flexibility index (Phi) is 7.49. The summed E-state index contributed by atoms with van der Waals surface area (Å²) in [5.41, 5.74) is 1.87. The molecule has 1 aliphatic rings. The number of benzene rings is 3. The summed E-state index contributed by atoms with van der Waals surface area (Å²) in [6.07, 6.45) is 1.74. The summed E-state index contributed by atoms with van der Waals surface area (Å²) < 4.78 is 33.2. The van der Waals surface area contributed by atoms with Crippen molar-refractivity contribution < 1.29 is 17.9 Å². The lowest BCUT2D eigenvalue weighted by molar-refractivity contribution is -0.117. The first kappa shape index (κ1) is 23.8. The van der Waals surface area contributed by atoms with Crippen LogP contribution in [0.15, 0.2) is 83.8 Å². The number of nitrogens with zero attached hydrogens (tertiary/aromatic N) is 1. The number of amides is 1. The Hall–Kier alpha value is -3.36. The number of carbonyl (C=O) groups is 1. The van der Waals surface area contributed by atoms with Gasteiger partial charge in [-0.25, -0.2) is 8.42 Å². The summed E-state index contributed by atoms with van der Waals surface area (Å²) in [4.78, 5) is 13.6. The zero-order valence-corrected chi connectivity index (χ0v) is 19.9. The van der Waals surface area contributed by atoms with E-state index in [-0.39, 0.29) is 10.8 Å². The van der Waals surface area contributed by atoms with E-state index in [9.17, 15) is 13.2 Å². The van der Waals surface area contributed by atoms with Gasteiger partial charge in [-0.05, 0) is 55.7 Å². The van der Waals surface area contributed by atoms with Crippen LogP contribution >= 0.6 is 0 Å². The highest BCUT2D eigenvalue weighted by Gasteiger charge is 2.28. The van der Waals surface area contributed by atoms with Gasteiger partial charge in [0.1, 0.15) is 11.8 Å². The lowest BCUT2D eigenvalue weighted by Crippen LogP contribution is -2.29. The van der Waals surface area contributed by atoms with Crippen LogP contribution in [0.1, 0.15) is 31.4 Å². The molecule has 0 aliphatic carbocycles. The molecule has 0 radical (unpaired) electrons. The van der Waals surface area contributed by atoms with Crippen molar-refractivity contribution in [3.05, 3.63) is 84.4 Å². The molecule has 34 heavy (non-hydrogen) atoms. The molecule has 7 nitrogen and oxygen atoms in total. The van der Waals surface area contributed by atoms with Gasteiger partial charge in [0.25, 0.3) is 5.91 Å². The van der Waals surface area contributed by atoms with Gasteiger partial charge < -0.3 is 15.4 Å². The topological polar surface area (TPSA) is 87.7 Å². The highest BCUT2D eigenvalue weighted by atomic mass is 32.2. The van der Waals surface area contributed by atoms with Crippen molar-refractivity contribution in [1.29, 1.82) is 0 Å². The molecule has 1 fully saturated rings. The van der Waals surface area contributed by atoms with Gasteiger partial charge in [-0.3, -0.25) is 4.79 Å². The number of nitrogens with one attached hydrogen (secondary N) is 2. The molecule has 178 valence electrons. The Labute approximate surface area is 200 Å². The molecule has 1 atom stereocenters. The molecule has 0 aromatic heterocycles. The molecule has 1 saturated heterocycles. The summed E-state index contributed by atoms with van der Waals surface area (Å²) in [5.74, 6) is 0.301. The van der Waals surface area contributed by atoms with E-state index in [1.165, 1.54) is 4.31 Å². The minimum absolute atomic E-state index is 0.216. The first-order chi connectivity index (χ1) is 16.5. The van der Waals surface area contributed by atoms with Gasteiger partial charge in [0.05, 0.1) is 17.2 Å². The molecule has 3 aromatic rings. The normalized spacial score (nSPS) is 15.0. The fraction of sp³-hybridized carbons (Fsp3) is 0.269. The summed E-state index contributed by atoms with van der Waals surface area (Å²) in [6.45, 7) is 3.43. The van der Waals surface area contributed by atoms with E-state index in [1.807, 2.05) is 49.4 Å². The molecular weight excluding hydrogens is 450 g/mol. The summed E-state index contributed by atoms with van der Waals surface area (Å²) in [5, 5.41) is 6.18. The van der Waals surface area contributed by atoms with E-state index < -0.39 is 16.1 Å². The number of para-hydroxylation sites is 2. The number of hydrogen-bond donors (Lipinski definition) is 2. The Balaban J connectivity index is 1.61. The second-order valence-electron chi connectivity index (χ2n) is 8.05. The molecule has 4 rings (SSSR count). The summed E-state index contributed by atoms with van der Waals surface area (Å²) >= 11 is 0. The van der Waals surface area contributed by atoms with Crippen LogP contribution in [0, 0.1) is 0 Å². The number of carbonyl (C=O) groups excluding carboxylic acids is 1. The molecule has 1 amide bonds. The second kappa shape index (κ2) is 10.7. The molecule has 0 saturated carbocycles. The monoisotopic (exact) mass is 479 g/mol. The molecule has 0 spiro atoms. The van der Waals surface area contributed by atoms with E-state index >= 15 is 0 Å². The van der Waals surface area contributed by atoms with Gasteiger partial charge in [0, 0.05) is 18.8 Å². The standard InChI is InChI=1S/C26H29N3O4S/c1-2-33-24-16-7-6-15-23(24)28-26(30)25(20-11-4-3-5-12-20)27-21-13-10-14-22(19-21)34(31,32)29-17-8-9-18-29/h3-7,10-16,19,25,27H,2,8-9,17-18H2,1H3,(H,28,30)/t25-/m1/s1. The molecule has 1 heterocycles. The number of rotatable bonds is 9. The van der Waals surface area contributed by atoms with Crippen molar-refractivity contribution in [3.63, 3.8) is 0 Å². The van der Waals surface area contributed by atoms with Crippen LogP contribution in [-0.4, -0.2) is 38.3 Å². The largest absolute Gasteiger partial charge is 0.492 e. The third-order valence-electron chi connectivity index (χ3n) is 5.69. The van der Waals surface area contributed by atoms with E-state index in [0.717, 1.165) is 18.4 Å². The Morgan fingerprint density at radius 2 is 1.68 bits per heavy atom. The Morgan fingerprint density at radius 3 is 2.41 bits per heavy atom. The molecular formula is C26H29N3O4S. The third-order valence-corrected chi connectivity index (χ3v) is 7.58. The summed E-state index contributed by atoms with van der Waals surface area (Å²) in [6, 6.07) is 22.5. The van der Waals surface area contributed by atoms with Crippen molar-refractivity contribution >= 4 is 27.3 Å². The second-order valence-corrected chi connectivity index (χ2v) is 9.98. The van der Waals surface area contributed by atoms with Gasteiger partial charge in [0.2, 0.25) is 10.0 Å². The van der Waals surface area contributed by atoms with Gasteiger partial charge in [-0.15, -0.1) is 0 Å². The predicted molar refractivity (Wildman–Crippen MR) is 133 cm³/mol. The van der Waals surface area contributed by atoms with Crippen molar-refractivity contribution in [3.8, 4) is 5.75 Å².